The molecule has 1 aliphatic carbocycles. The first-order valence-corrected chi connectivity index (χ1v) is 5.11. The zero-order valence-corrected chi connectivity index (χ0v) is 9.70. The van der Waals surface area contributed by atoms with Gasteiger partial charge in [-0.3, -0.25) is 9.59 Å². The Morgan fingerprint density at radius 2 is 2.07 bits per heavy atom. The lowest BCUT2D eigenvalue weighted by Gasteiger charge is -2.38. The van der Waals surface area contributed by atoms with E-state index in [1.807, 2.05) is 20.8 Å². The van der Waals surface area contributed by atoms with E-state index in [4.69, 9.17) is 4.74 Å². The molecule has 1 aliphatic rings. The molecule has 0 heterocycles. The molecule has 0 aliphatic heterocycles. The first-order valence-electron chi connectivity index (χ1n) is 5.11. The van der Waals surface area contributed by atoms with Crippen molar-refractivity contribution in [2.24, 2.45) is 5.92 Å². The molecule has 0 aromatic carbocycles. The summed E-state index contributed by atoms with van der Waals surface area (Å²) in [6.07, 6.45) is 0.422. The van der Waals surface area contributed by atoms with Crippen LogP contribution in [-0.4, -0.2) is 30.6 Å². The molecule has 0 N–H and O–H groups in total. The molecule has 1 rings (SSSR count). The molecule has 2 atom stereocenters. The van der Waals surface area contributed by atoms with Crippen LogP contribution in [0.5, 0.6) is 0 Å². The second-order valence-electron chi connectivity index (χ2n) is 4.83. The van der Waals surface area contributed by atoms with Crippen molar-refractivity contribution in [2.45, 2.75) is 45.3 Å². The van der Waals surface area contributed by atoms with Crippen molar-refractivity contribution in [3.8, 4) is 0 Å². The summed E-state index contributed by atoms with van der Waals surface area (Å²) >= 11 is 0. The van der Waals surface area contributed by atoms with Crippen molar-refractivity contribution >= 4 is 11.8 Å². The summed E-state index contributed by atoms with van der Waals surface area (Å²) < 4.78 is 10.2. The SMILES string of the molecule is COC(=O)CC1C(=O)CC1OC(C)(C)C. The number of esters is 1. The Kier molecular flexibility index (Phi) is 3.50. The first kappa shape index (κ1) is 12.2. The predicted octanol–water partition coefficient (Wildman–Crippen LogP) is 1.32. The fraction of sp³-hybridized carbons (Fsp3) is 0.818. The van der Waals surface area contributed by atoms with E-state index >= 15 is 0 Å². The number of rotatable bonds is 3. The molecule has 1 fully saturated rings. The van der Waals surface area contributed by atoms with Gasteiger partial charge in [0.1, 0.15) is 5.78 Å². The lowest BCUT2D eigenvalue weighted by Crippen LogP contribution is -2.48. The molecule has 0 aromatic rings. The Hall–Kier alpha value is -0.900. The molecule has 0 aromatic heterocycles. The van der Waals surface area contributed by atoms with E-state index in [1.54, 1.807) is 0 Å². The Morgan fingerprint density at radius 3 is 2.47 bits per heavy atom. The molecule has 1 saturated carbocycles. The standard InChI is InChI=1S/C11H18O4/c1-11(2,3)15-9-6-8(12)7(9)5-10(13)14-4/h7,9H,5-6H2,1-4H3. The van der Waals surface area contributed by atoms with Crippen molar-refractivity contribution in [2.75, 3.05) is 7.11 Å². The van der Waals surface area contributed by atoms with Crippen LogP contribution in [-0.2, 0) is 19.1 Å². The van der Waals surface area contributed by atoms with Gasteiger partial charge < -0.3 is 9.47 Å². The molecule has 86 valence electrons. The van der Waals surface area contributed by atoms with Crippen LogP contribution in [0.15, 0.2) is 0 Å². The average Bonchev–Trinajstić information content (AvgIpc) is 2.11. The molecule has 0 bridgehead atoms. The van der Waals surface area contributed by atoms with E-state index in [1.165, 1.54) is 7.11 Å². The van der Waals surface area contributed by atoms with Crippen LogP contribution in [0.4, 0.5) is 0 Å². The van der Waals surface area contributed by atoms with E-state index in [0.717, 1.165) is 0 Å². The number of carbonyl (C=O) groups excluding carboxylic acids is 2. The maximum Gasteiger partial charge on any atom is 0.306 e. The summed E-state index contributed by atoms with van der Waals surface area (Å²) in [6, 6.07) is 0. The van der Waals surface area contributed by atoms with Crippen molar-refractivity contribution in [1.82, 2.24) is 0 Å². The quantitative estimate of drug-likeness (QED) is 0.665. The molecule has 15 heavy (non-hydrogen) atoms. The highest BCUT2D eigenvalue weighted by Crippen LogP contribution is 2.32. The predicted molar refractivity (Wildman–Crippen MR) is 54.4 cm³/mol. The summed E-state index contributed by atoms with van der Waals surface area (Å²) in [5, 5.41) is 0. The van der Waals surface area contributed by atoms with Crippen LogP contribution in [0.3, 0.4) is 0 Å². The summed E-state index contributed by atoms with van der Waals surface area (Å²) in [4.78, 5) is 22.3. The van der Waals surface area contributed by atoms with Crippen LogP contribution in [0.2, 0.25) is 0 Å². The maximum atomic E-state index is 11.3. The third-order valence-corrected chi connectivity index (χ3v) is 2.38. The molecule has 0 radical (unpaired) electrons. The van der Waals surface area contributed by atoms with Gasteiger partial charge in [-0.15, -0.1) is 0 Å². The Bertz CT molecular complexity index is 264. The fourth-order valence-electron chi connectivity index (χ4n) is 1.62. The van der Waals surface area contributed by atoms with Gasteiger partial charge in [0.2, 0.25) is 0 Å². The zero-order chi connectivity index (χ0) is 11.6. The lowest BCUT2D eigenvalue weighted by atomic mass is 9.77. The van der Waals surface area contributed by atoms with Crippen LogP contribution >= 0.6 is 0 Å². The number of ketones is 1. The molecule has 0 amide bonds. The van der Waals surface area contributed by atoms with Gasteiger partial charge in [-0.05, 0) is 20.8 Å². The van der Waals surface area contributed by atoms with Gasteiger partial charge in [0.15, 0.2) is 0 Å². The molecule has 4 heteroatoms. The van der Waals surface area contributed by atoms with Crippen molar-refractivity contribution in [3.05, 3.63) is 0 Å². The molecular weight excluding hydrogens is 196 g/mol. The van der Waals surface area contributed by atoms with Gasteiger partial charge in [-0.1, -0.05) is 0 Å². The largest absolute Gasteiger partial charge is 0.469 e. The number of hydrogen-bond donors (Lipinski definition) is 0. The van der Waals surface area contributed by atoms with Crippen molar-refractivity contribution in [1.29, 1.82) is 0 Å². The minimum Gasteiger partial charge on any atom is -0.469 e. The van der Waals surface area contributed by atoms with Crippen molar-refractivity contribution in [3.63, 3.8) is 0 Å². The van der Waals surface area contributed by atoms with E-state index in [2.05, 4.69) is 4.74 Å². The molecule has 2 unspecified atom stereocenters. The van der Waals surface area contributed by atoms with Gasteiger partial charge in [-0.2, -0.15) is 0 Å². The molecular formula is C11H18O4. The van der Waals surface area contributed by atoms with Gasteiger partial charge in [0.05, 0.1) is 31.2 Å². The number of carbonyl (C=O) groups is 2. The second kappa shape index (κ2) is 4.31. The number of ether oxygens (including phenoxy) is 2. The minimum atomic E-state index is -0.351. The summed E-state index contributed by atoms with van der Waals surface area (Å²) in [5.74, 6) is -0.568. The van der Waals surface area contributed by atoms with Gasteiger partial charge >= 0.3 is 5.97 Å². The van der Waals surface area contributed by atoms with Crippen LogP contribution < -0.4 is 0 Å². The van der Waals surface area contributed by atoms with E-state index in [-0.39, 0.29) is 35.8 Å². The topological polar surface area (TPSA) is 52.6 Å². The maximum absolute atomic E-state index is 11.3. The summed E-state index contributed by atoms with van der Waals surface area (Å²) in [5.41, 5.74) is -0.278. The lowest BCUT2D eigenvalue weighted by molar-refractivity contribution is -0.167. The van der Waals surface area contributed by atoms with Crippen LogP contribution in [0.25, 0.3) is 0 Å². The number of hydrogen-bond acceptors (Lipinski definition) is 4. The summed E-state index contributed by atoms with van der Waals surface area (Å²) in [7, 11) is 1.32. The third kappa shape index (κ3) is 3.30. The van der Waals surface area contributed by atoms with Gasteiger partial charge in [0.25, 0.3) is 0 Å². The number of methoxy groups -OCH3 is 1. The monoisotopic (exact) mass is 214 g/mol. The minimum absolute atomic E-state index is 0.0923. The fourth-order valence-corrected chi connectivity index (χ4v) is 1.62. The average molecular weight is 214 g/mol. The van der Waals surface area contributed by atoms with E-state index in [9.17, 15) is 9.59 Å². The highest BCUT2D eigenvalue weighted by atomic mass is 16.5. The van der Waals surface area contributed by atoms with Crippen LogP contribution in [0.1, 0.15) is 33.6 Å². The van der Waals surface area contributed by atoms with Crippen LogP contribution in [0, 0.1) is 5.92 Å². The van der Waals surface area contributed by atoms with E-state index < -0.39 is 0 Å². The van der Waals surface area contributed by atoms with Gasteiger partial charge in [0, 0.05) is 6.42 Å². The summed E-state index contributed by atoms with van der Waals surface area (Å²) in [6.45, 7) is 5.81. The Morgan fingerprint density at radius 1 is 1.47 bits per heavy atom. The highest BCUT2D eigenvalue weighted by Gasteiger charge is 2.43. The second-order valence-corrected chi connectivity index (χ2v) is 4.83. The number of Topliss-reactive ketones (excluding diaryl/α,β-unsaturated/α-hetero) is 1. The Labute approximate surface area is 89.9 Å². The molecule has 0 spiro atoms. The van der Waals surface area contributed by atoms with Gasteiger partial charge in [-0.25, -0.2) is 0 Å². The first-order chi connectivity index (χ1) is 6.83. The highest BCUT2D eigenvalue weighted by molar-refractivity contribution is 5.91. The molecule has 0 saturated heterocycles. The molecule has 4 nitrogen and oxygen atoms in total. The smallest absolute Gasteiger partial charge is 0.306 e. The third-order valence-electron chi connectivity index (χ3n) is 2.38. The van der Waals surface area contributed by atoms with E-state index in [0.29, 0.717) is 6.42 Å². The van der Waals surface area contributed by atoms with Crippen molar-refractivity contribution < 1.29 is 19.1 Å². The normalized spacial score (nSPS) is 26.0. The Balaban J connectivity index is 2.48. The zero-order valence-electron chi connectivity index (χ0n) is 9.70.